The van der Waals surface area contributed by atoms with Gasteiger partial charge in [0.05, 0.1) is 5.69 Å². The van der Waals surface area contributed by atoms with E-state index in [1.165, 1.54) is 24.3 Å². The molecule has 1 aromatic carbocycles. The normalized spacial score (nSPS) is 10.9. The number of nitrogens with zero attached hydrogens (tertiary/aromatic N) is 2. The summed E-state index contributed by atoms with van der Waals surface area (Å²) in [6, 6.07) is 10.7. The first-order valence-corrected chi connectivity index (χ1v) is 5.63. The van der Waals surface area contributed by atoms with Gasteiger partial charge in [0.15, 0.2) is 0 Å². The van der Waals surface area contributed by atoms with Gasteiger partial charge in [0.25, 0.3) is 0 Å². The molecule has 0 bridgehead atoms. The van der Waals surface area contributed by atoms with Gasteiger partial charge in [-0.1, -0.05) is 6.07 Å². The molecule has 1 aromatic heterocycles. The number of halogens is 3. The van der Waals surface area contributed by atoms with Crippen molar-refractivity contribution in [1.29, 1.82) is 5.26 Å². The van der Waals surface area contributed by atoms with Crippen LogP contribution in [0.15, 0.2) is 36.4 Å². The van der Waals surface area contributed by atoms with Crippen molar-refractivity contribution < 1.29 is 17.9 Å². The molecule has 102 valence electrons. The highest BCUT2D eigenvalue weighted by Crippen LogP contribution is 2.26. The number of ether oxygens (including phenoxy) is 1. The van der Waals surface area contributed by atoms with Crippen LogP contribution < -0.4 is 4.74 Å². The lowest BCUT2D eigenvalue weighted by Gasteiger charge is -2.09. The van der Waals surface area contributed by atoms with Gasteiger partial charge in [0.2, 0.25) is 0 Å². The second-order valence-electron chi connectivity index (χ2n) is 4.05. The number of pyridine rings is 1. The lowest BCUT2D eigenvalue weighted by atomic mass is 10.1. The molecule has 20 heavy (non-hydrogen) atoms. The second kappa shape index (κ2) is 5.21. The van der Waals surface area contributed by atoms with Gasteiger partial charge in [-0.3, -0.25) is 0 Å². The molecule has 0 aliphatic rings. The van der Waals surface area contributed by atoms with Crippen LogP contribution >= 0.6 is 0 Å². The van der Waals surface area contributed by atoms with Crippen LogP contribution in [-0.2, 0) is 0 Å². The van der Waals surface area contributed by atoms with Crippen LogP contribution in [0.25, 0.3) is 11.3 Å². The number of hydrogen-bond donors (Lipinski definition) is 0. The van der Waals surface area contributed by atoms with Crippen LogP contribution in [0.5, 0.6) is 5.75 Å². The fourth-order valence-electron chi connectivity index (χ4n) is 1.63. The van der Waals surface area contributed by atoms with Crippen LogP contribution in [-0.4, -0.2) is 11.3 Å². The minimum atomic E-state index is -4.71. The van der Waals surface area contributed by atoms with Crippen LogP contribution in [0.4, 0.5) is 13.2 Å². The number of nitriles is 1. The first kappa shape index (κ1) is 13.9. The first-order valence-electron chi connectivity index (χ1n) is 5.63. The van der Waals surface area contributed by atoms with Crippen molar-refractivity contribution in [3.8, 4) is 23.1 Å². The zero-order valence-corrected chi connectivity index (χ0v) is 10.4. The Bertz CT molecular complexity index is 658. The van der Waals surface area contributed by atoms with Crippen molar-refractivity contribution in [2.24, 2.45) is 0 Å². The van der Waals surface area contributed by atoms with Crippen LogP contribution in [0, 0.1) is 18.3 Å². The van der Waals surface area contributed by atoms with Crippen LogP contribution in [0.1, 0.15) is 11.3 Å². The van der Waals surface area contributed by atoms with Crippen molar-refractivity contribution in [2.75, 3.05) is 0 Å². The van der Waals surface area contributed by atoms with Gasteiger partial charge in [-0.2, -0.15) is 5.26 Å². The quantitative estimate of drug-likeness (QED) is 0.838. The zero-order chi connectivity index (χ0) is 14.8. The van der Waals surface area contributed by atoms with Crippen molar-refractivity contribution in [3.63, 3.8) is 0 Å². The zero-order valence-electron chi connectivity index (χ0n) is 10.4. The largest absolute Gasteiger partial charge is 0.573 e. The summed E-state index contributed by atoms with van der Waals surface area (Å²) in [4.78, 5) is 4.14. The molecule has 0 atom stereocenters. The molecule has 0 fully saturated rings. The van der Waals surface area contributed by atoms with E-state index in [2.05, 4.69) is 9.72 Å². The minimum Gasteiger partial charge on any atom is -0.406 e. The van der Waals surface area contributed by atoms with Gasteiger partial charge in [-0.25, -0.2) is 4.98 Å². The number of aryl methyl sites for hydroxylation is 1. The molecule has 2 rings (SSSR count). The fourth-order valence-corrected chi connectivity index (χ4v) is 1.63. The van der Waals surface area contributed by atoms with Gasteiger partial charge < -0.3 is 4.74 Å². The van der Waals surface area contributed by atoms with Crippen molar-refractivity contribution in [1.82, 2.24) is 4.98 Å². The summed E-state index contributed by atoms with van der Waals surface area (Å²) in [5, 5.41) is 8.90. The van der Waals surface area contributed by atoms with E-state index < -0.39 is 6.36 Å². The molecule has 0 unspecified atom stereocenters. The first-order chi connectivity index (χ1) is 9.39. The Hall–Kier alpha value is -2.55. The van der Waals surface area contributed by atoms with Gasteiger partial charge in [0.1, 0.15) is 17.5 Å². The standard InChI is InChI=1S/C14H9F3N2O/c1-9-2-7-12(19-13(9)8-18)10-3-5-11(6-4-10)20-14(15,16)17/h2-7H,1H3. The van der Waals surface area contributed by atoms with E-state index in [9.17, 15) is 13.2 Å². The molecular weight excluding hydrogens is 269 g/mol. The highest BCUT2D eigenvalue weighted by molar-refractivity contribution is 5.61. The predicted octanol–water partition coefficient (Wildman–Crippen LogP) is 3.83. The summed E-state index contributed by atoms with van der Waals surface area (Å²) in [6.45, 7) is 1.76. The van der Waals surface area contributed by atoms with E-state index in [0.29, 0.717) is 11.3 Å². The lowest BCUT2D eigenvalue weighted by molar-refractivity contribution is -0.274. The summed E-state index contributed by atoms with van der Waals surface area (Å²) >= 11 is 0. The Kier molecular flexibility index (Phi) is 3.61. The number of rotatable bonds is 2. The molecular formula is C14H9F3N2O. The highest BCUT2D eigenvalue weighted by Gasteiger charge is 2.30. The lowest BCUT2D eigenvalue weighted by Crippen LogP contribution is -2.16. The Morgan fingerprint density at radius 1 is 1.10 bits per heavy atom. The van der Waals surface area contributed by atoms with E-state index >= 15 is 0 Å². The average Bonchev–Trinajstić information content (AvgIpc) is 2.38. The Morgan fingerprint density at radius 3 is 2.30 bits per heavy atom. The number of benzene rings is 1. The van der Waals surface area contributed by atoms with Crippen molar-refractivity contribution in [3.05, 3.63) is 47.7 Å². The average molecular weight is 278 g/mol. The van der Waals surface area contributed by atoms with E-state index in [-0.39, 0.29) is 11.4 Å². The Labute approximate surface area is 113 Å². The molecule has 0 spiro atoms. The molecule has 0 N–H and O–H groups in total. The Morgan fingerprint density at radius 2 is 1.75 bits per heavy atom. The highest BCUT2D eigenvalue weighted by atomic mass is 19.4. The molecule has 6 heteroatoms. The van der Waals surface area contributed by atoms with Crippen LogP contribution in [0.3, 0.4) is 0 Å². The third-order valence-electron chi connectivity index (χ3n) is 2.59. The monoisotopic (exact) mass is 278 g/mol. The molecule has 1 heterocycles. The van der Waals surface area contributed by atoms with E-state index in [1.807, 2.05) is 6.07 Å². The Balaban J connectivity index is 2.29. The summed E-state index contributed by atoms with van der Waals surface area (Å²) in [7, 11) is 0. The molecule has 0 saturated carbocycles. The number of hydrogen-bond acceptors (Lipinski definition) is 3. The van der Waals surface area contributed by atoms with Crippen molar-refractivity contribution in [2.45, 2.75) is 13.3 Å². The summed E-state index contributed by atoms with van der Waals surface area (Å²) < 4.78 is 39.9. The maximum atomic E-state index is 12.0. The fraction of sp³-hybridized carbons (Fsp3) is 0.143. The van der Waals surface area contributed by atoms with E-state index in [1.54, 1.807) is 19.1 Å². The van der Waals surface area contributed by atoms with Gasteiger partial charge in [-0.05, 0) is 42.8 Å². The van der Waals surface area contributed by atoms with Crippen molar-refractivity contribution >= 4 is 0 Å². The van der Waals surface area contributed by atoms with Crippen LogP contribution in [0.2, 0.25) is 0 Å². The molecule has 3 nitrogen and oxygen atoms in total. The minimum absolute atomic E-state index is 0.290. The van der Waals surface area contributed by atoms with Gasteiger partial charge >= 0.3 is 6.36 Å². The SMILES string of the molecule is Cc1ccc(-c2ccc(OC(F)(F)F)cc2)nc1C#N. The molecule has 0 amide bonds. The smallest absolute Gasteiger partial charge is 0.406 e. The number of aromatic nitrogens is 1. The molecule has 0 aliphatic heterocycles. The molecule has 0 aliphatic carbocycles. The van der Waals surface area contributed by atoms with Gasteiger partial charge in [0, 0.05) is 5.56 Å². The topological polar surface area (TPSA) is 45.9 Å². The third kappa shape index (κ3) is 3.26. The maximum absolute atomic E-state index is 12.0. The number of alkyl halides is 3. The second-order valence-corrected chi connectivity index (χ2v) is 4.05. The molecule has 0 radical (unpaired) electrons. The van der Waals surface area contributed by atoms with E-state index in [4.69, 9.17) is 5.26 Å². The molecule has 2 aromatic rings. The predicted molar refractivity (Wildman–Crippen MR) is 65.8 cm³/mol. The maximum Gasteiger partial charge on any atom is 0.573 e. The van der Waals surface area contributed by atoms with Gasteiger partial charge in [-0.15, -0.1) is 13.2 Å². The summed E-state index contributed by atoms with van der Waals surface area (Å²) in [5.41, 5.74) is 2.16. The summed E-state index contributed by atoms with van der Waals surface area (Å²) in [6.07, 6.45) is -4.71. The summed E-state index contributed by atoms with van der Waals surface area (Å²) in [5.74, 6) is -0.297. The molecule has 0 saturated heterocycles. The van der Waals surface area contributed by atoms with E-state index in [0.717, 1.165) is 5.56 Å². The third-order valence-corrected chi connectivity index (χ3v) is 2.59.